The number of fused-ring (bicyclic) bond motifs is 2. The molecule has 4 nitrogen and oxygen atoms in total. The van der Waals surface area contributed by atoms with E-state index in [0.29, 0.717) is 12.5 Å². The SMILES string of the molecule is CN(C(=O)CCc1n[nH]c2c1CCCC2)C1Cc2ccccc2C1. The van der Waals surface area contributed by atoms with Crippen molar-refractivity contribution in [2.24, 2.45) is 0 Å². The van der Waals surface area contributed by atoms with E-state index in [-0.39, 0.29) is 5.91 Å². The summed E-state index contributed by atoms with van der Waals surface area (Å²) in [6.45, 7) is 0. The molecule has 126 valence electrons. The minimum Gasteiger partial charge on any atom is -0.342 e. The second-order valence-electron chi connectivity index (χ2n) is 7.17. The van der Waals surface area contributed by atoms with E-state index in [0.717, 1.165) is 37.8 Å². The molecule has 24 heavy (non-hydrogen) atoms. The molecular weight excluding hydrogens is 298 g/mol. The van der Waals surface area contributed by atoms with Crippen molar-refractivity contribution in [3.63, 3.8) is 0 Å². The highest BCUT2D eigenvalue weighted by atomic mass is 16.2. The Morgan fingerprint density at radius 2 is 1.92 bits per heavy atom. The van der Waals surface area contributed by atoms with Crippen molar-refractivity contribution in [2.45, 2.75) is 57.4 Å². The van der Waals surface area contributed by atoms with Crippen LogP contribution in [0, 0.1) is 0 Å². The van der Waals surface area contributed by atoms with Crippen LogP contribution in [0.3, 0.4) is 0 Å². The summed E-state index contributed by atoms with van der Waals surface area (Å²) in [6, 6.07) is 8.85. The second kappa shape index (κ2) is 6.42. The van der Waals surface area contributed by atoms with E-state index in [1.54, 1.807) is 0 Å². The van der Waals surface area contributed by atoms with E-state index in [1.807, 2.05) is 11.9 Å². The number of benzene rings is 1. The first-order valence-corrected chi connectivity index (χ1v) is 9.10. The van der Waals surface area contributed by atoms with Crippen LogP contribution >= 0.6 is 0 Å². The Bertz CT molecular complexity index is 724. The first-order chi connectivity index (χ1) is 11.7. The number of carbonyl (C=O) groups is 1. The van der Waals surface area contributed by atoms with Gasteiger partial charge in [-0.1, -0.05) is 24.3 Å². The van der Waals surface area contributed by atoms with Gasteiger partial charge in [0.2, 0.25) is 5.91 Å². The Morgan fingerprint density at radius 1 is 1.21 bits per heavy atom. The lowest BCUT2D eigenvalue weighted by molar-refractivity contribution is -0.131. The van der Waals surface area contributed by atoms with Gasteiger partial charge < -0.3 is 4.90 Å². The number of hydrogen-bond donors (Lipinski definition) is 1. The van der Waals surface area contributed by atoms with Gasteiger partial charge in [-0.15, -0.1) is 0 Å². The van der Waals surface area contributed by atoms with E-state index in [2.05, 4.69) is 34.5 Å². The van der Waals surface area contributed by atoms with Gasteiger partial charge in [0, 0.05) is 31.6 Å². The predicted molar refractivity (Wildman–Crippen MR) is 94.0 cm³/mol. The lowest BCUT2D eigenvalue weighted by Gasteiger charge is -2.24. The van der Waals surface area contributed by atoms with Crippen molar-refractivity contribution < 1.29 is 4.79 Å². The lowest BCUT2D eigenvalue weighted by Crippen LogP contribution is -2.37. The zero-order chi connectivity index (χ0) is 16.5. The van der Waals surface area contributed by atoms with Gasteiger partial charge in [0.1, 0.15) is 0 Å². The molecule has 1 aromatic carbocycles. The molecule has 0 bridgehead atoms. The summed E-state index contributed by atoms with van der Waals surface area (Å²) < 4.78 is 0. The Morgan fingerprint density at radius 3 is 2.67 bits per heavy atom. The zero-order valence-electron chi connectivity index (χ0n) is 14.3. The average molecular weight is 323 g/mol. The highest BCUT2D eigenvalue weighted by Crippen LogP contribution is 2.26. The molecule has 1 N–H and O–H groups in total. The fourth-order valence-electron chi connectivity index (χ4n) is 4.17. The number of nitrogens with one attached hydrogen (secondary N) is 1. The minimum absolute atomic E-state index is 0.236. The molecule has 4 heteroatoms. The van der Waals surface area contributed by atoms with Crippen LogP contribution in [-0.4, -0.2) is 34.1 Å². The van der Waals surface area contributed by atoms with Crippen molar-refractivity contribution >= 4 is 5.91 Å². The van der Waals surface area contributed by atoms with Crippen LogP contribution in [0.2, 0.25) is 0 Å². The van der Waals surface area contributed by atoms with Crippen molar-refractivity contribution in [3.05, 3.63) is 52.3 Å². The summed E-state index contributed by atoms with van der Waals surface area (Å²) in [7, 11) is 1.96. The molecule has 1 heterocycles. The molecule has 0 fully saturated rings. The molecule has 2 aliphatic rings. The summed E-state index contributed by atoms with van der Waals surface area (Å²) in [4.78, 5) is 14.6. The molecular formula is C20H25N3O. The van der Waals surface area contributed by atoms with E-state index in [4.69, 9.17) is 0 Å². The highest BCUT2D eigenvalue weighted by Gasteiger charge is 2.27. The normalized spacial score (nSPS) is 16.7. The smallest absolute Gasteiger partial charge is 0.222 e. The van der Waals surface area contributed by atoms with Crippen LogP contribution in [0.15, 0.2) is 24.3 Å². The first kappa shape index (κ1) is 15.4. The number of H-pyrrole nitrogens is 1. The topological polar surface area (TPSA) is 49.0 Å². The number of hydrogen-bond acceptors (Lipinski definition) is 2. The van der Waals surface area contributed by atoms with Gasteiger partial charge in [0.25, 0.3) is 0 Å². The summed E-state index contributed by atoms with van der Waals surface area (Å²) >= 11 is 0. The third-order valence-corrected chi connectivity index (χ3v) is 5.69. The molecule has 2 aliphatic carbocycles. The molecule has 0 aliphatic heterocycles. The van der Waals surface area contributed by atoms with Crippen LogP contribution in [0.5, 0.6) is 0 Å². The molecule has 0 radical (unpaired) electrons. The van der Waals surface area contributed by atoms with Gasteiger partial charge in [-0.2, -0.15) is 5.10 Å². The number of aromatic amines is 1. The van der Waals surface area contributed by atoms with Crippen LogP contribution in [-0.2, 0) is 36.9 Å². The van der Waals surface area contributed by atoms with Crippen LogP contribution in [0.25, 0.3) is 0 Å². The average Bonchev–Trinajstić information content (AvgIpc) is 3.23. The number of aryl methyl sites for hydroxylation is 2. The first-order valence-electron chi connectivity index (χ1n) is 9.10. The Hall–Kier alpha value is -2.10. The van der Waals surface area contributed by atoms with Crippen LogP contribution in [0.1, 0.15) is 47.3 Å². The van der Waals surface area contributed by atoms with Gasteiger partial charge in [-0.05, 0) is 55.2 Å². The molecule has 1 aromatic heterocycles. The van der Waals surface area contributed by atoms with E-state index in [9.17, 15) is 4.79 Å². The van der Waals surface area contributed by atoms with Crippen molar-refractivity contribution in [1.29, 1.82) is 0 Å². The van der Waals surface area contributed by atoms with E-state index < -0.39 is 0 Å². The summed E-state index contributed by atoms with van der Waals surface area (Å²) in [5.41, 5.74) is 6.57. The molecule has 0 saturated carbocycles. The summed E-state index contributed by atoms with van der Waals surface area (Å²) in [5, 5.41) is 7.63. The zero-order valence-corrected chi connectivity index (χ0v) is 14.3. The number of aromatic nitrogens is 2. The Balaban J connectivity index is 1.36. The minimum atomic E-state index is 0.236. The summed E-state index contributed by atoms with van der Waals surface area (Å²) in [5.74, 6) is 0.236. The second-order valence-corrected chi connectivity index (χ2v) is 7.17. The van der Waals surface area contributed by atoms with Gasteiger partial charge in [-0.3, -0.25) is 9.89 Å². The number of carbonyl (C=O) groups excluding carboxylic acids is 1. The van der Waals surface area contributed by atoms with Gasteiger partial charge in [0.15, 0.2) is 0 Å². The maximum atomic E-state index is 12.6. The monoisotopic (exact) mass is 323 g/mol. The molecule has 0 spiro atoms. The van der Waals surface area contributed by atoms with Crippen molar-refractivity contribution in [3.8, 4) is 0 Å². The van der Waals surface area contributed by atoms with Gasteiger partial charge in [-0.25, -0.2) is 0 Å². The molecule has 2 aromatic rings. The van der Waals surface area contributed by atoms with Crippen molar-refractivity contribution in [2.75, 3.05) is 7.05 Å². The van der Waals surface area contributed by atoms with Gasteiger partial charge >= 0.3 is 0 Å². The fraction of sp³-hybridized carbons (Fsp3) is 0.500. The summed E-state index contributed by atoms with van der Waals surface area (Å²) in [6.07, 6.45) is 7.99. The maximum absolute atomic E-state index is 12.6. The maximum Gasteiger partial charge on any atom is 0.222 e. The highest BCUT2D eigenvalue weighted by molar-refractivity contribution is 5.76. The largest absolute Gasteiger partial charge is 0.342 e. The van der Waals surface area contributed by atoms with Crippen LogP contribution < -0.4 is 0 Å². The molecule has 4 rings (SSSR count). The Labute approximate surface area is 143 Å². The van der Waals surface area contributed by atoms with Crippen molar-refractivity contribution in [1.82, 2.24) is 15.1 Å². The standard InChI is InChI=1S/C20H25N3O/c1-23(16-12-14-6-2-3-7-15(14)13-16)20(24)11-10-19-17-8-4-5-9-18(17)21-22-19/h2-3,6-7,16H,4-5,8-13H2,1H3,(H,21,22). The number of rotatable bonds is 4. The van der Waals surface area contributed by atoms with Crippen LogP contribution in [0.4, 0.5) is 0 Å². The quantitative estimate of drug-likeness (QED) is 0.940. The molecule has 0 atom stereocenters. The third-order valence-electron chi connectivity index (χ3n) is 5.69. The number of likely N-dealkylation sites (N-methyl/N-ethyl adjacent to an activating group) is 1. The molecule has 0 unspecified atom stereocenters. The van der Waals surface area contributed by atoms with E-state index in [1.165, 1.54) is 35.2 Å². The fourth-order valence-corrected chi connectivity index (χ4v) is 4.17. The Kier molecular flexibility index (Phi) is 4.13. The predicted octanol–water partition coefficient (Wildman–Crippen LogP) is 2.85. The number of nitrogens with zero attached hydrogens (tertiary/aromatic N) is 2. The van der Waals surface area contributed by atoms with E-state index >= 15 is 0 Å². The number of amides is 1. The molecule has 1 amide bonds. The van der Waals surface area contributed by atoms with Gasteiger partial charge in [0.05, 0.1) is 5.69 Å². The lowest BCUT2D eigenvalue weighted by atomic mass is 9.94. The third kappa shape index (κ3) is 2.85. The molecule has 0 saturated heterocycles.